The number of carbonyl (C=O) groups is 2. The van der Waals surface area contributed by atoms with Gasteiger partial charge in [-0.05, 0) is 43.2 Å². The molecule has 0 aliphatic carbocycles. The molecule has 162 valence electrons. The lowest BCUT2D eigenvalue weighted by molar-refractivity contribution is -0.139. The van der Waals surface area contributed by atoms with E-state index in [1.165, 1.54) is 11.9 Å². The van der Waals surface area contributed by atoms with Crippen LogP contribution in [0.4, 0.5) is 5.69 Å². The maximum Gasteiger partial charge on any atom is 0.244 e. The smallest absolute Gasteiger partial charge is 0.244 e. The van der Waals surface area contributed by atoms with Gasteiger partial charge in [0.05, 0.1) is 11.9 Å². The molecule has 1 unspecified atom stereocenters. The van der Waals surface area contributed by atoms with Gasteiger partial charge in [-0.3, -0.25) is 13.9 Å². The fraction of sp³-hybridized carbons (Fsp3) is 0.333. The van der Waals surface area contributed by atoms with Crippen LogP contribution in [0.25, 0.3) is 0 Å². The van der Waals surface area contributed by atoms with Crippen molar-refractivity contribution in [1.82, 2.24) is 10.2 Å². The molecule has 7 nitrogen and oxygen atoms in total. The lowest BCUT2D eigenvalue weighted by Gasteiger charge is -2.31. The molecule has 0 heterocycles. The average Bonchev–Trinajstić information content (AvgIpc) is 2.69. The van der Waals surface area contributed by atoms with Crippen molar-refractivity contribution in [2.45, 2.75) is 26.4 Å². The standard InChI is InChI=1S/C21H26BrN3O4S/c1-15-8-5-6-11-19(15)25(30(4,28)29)14-20(26)24(16(2)21(27)23-3)13-17-9-7-10-18(22)12-17/h5-12,16H,13-14H2,1-4H3,(H,23,27). The molecule has 1 atom stereocenters. The van der Waals surface area contributed by atoms with Gasteiger partial charge in [0.25, 0.3) is 0 Å². The van der Waals surface area contributed by atoms with Gasteiger partial charge in [0.1, 0.15) is 12.6 Å². The van der Waals surface area contributed by atoms with Crippen LogP contribution >= 0.6 is 15.9 Å². The Morgan fingerprint density at radius 3 is 2.37 bits per heavy atom. The highest BCUT2D eigenvalue weighted by molar-refractivity contribution is 9.10. The predicted octanol–water partition coefficient (Wildman–Crippen LogP) is 2.69. The molecule has 2 aromatic carbocycles. The van der Waals surface area contributed by atoms with Gasteiger partial charge >= 0.3 is 0 Å². The zero-order valence-electron chi connectivity index (χ0n) is 17.4. The number of halogens is 1. The summed E-state index contributed by atoms with van der Waals surface area (Å²) in [4.78, 5) is 26.9. The second-order valence-corrected chi connectivity index (χ2v) is 9.82. The third-order valence-electron chi connectivity index (χ3n) is 4.72. The summed E-state index contributed by atoms with van der Waals surface area (Å²) in [5.41, 5.74) is 1.98. The lowest BCUT2D eigenvalue weighted by Crippen LogP contribution is -2.50. The average molecular weight is 496 g/mol. The zero-order valence-corrected chi connectivity index (χ0v) is 19.8. The Hall–Kier alpha value is -2.39. The first-order valence-corrected chi connectivity index (χ1v) is 12.0. The highest BCUT2D eigenvalue weighted by Gasteiger charge is 2.30. The Balaban J connectivity index is 2.40. The third kappa shape index (κ3) is 6.06. The lowest BCUT2D eigenvalue weighted by atomic mass is 10.1. The molecule has 30 heavy (non-hydrogen) atoms. The molecule has 2 aromatic rings. The van der Waals surface area contributed by atoms with E-state index < -0.39 is 28.5 Å². The van der Waals surface area contributed by atoms with E-state index in [1.807, 2.05) is 24.3 Å². The fourth-order valence-electron chi connectivity index (χ4n) is 3.06. The quantitative estimate of drug-likeness (QED) is 0.609. The van der Waals surface area contributed by atoms with Crippen LogP contribution in [0.5, 0.6) is 0 Å². The van der Waals surface area contributed by atoms with E-state index in [0.717, 1.165) is 26.2 Å². The van der Waals surface area contributed by atoms with E-state index in [1.54, 1.807) is 38.1 Å². The number of carbonyl (C=O) groups excluding carboxylic acids is 2. The van der Waals surface area contributed by atoms with Gasteiger partial charge in [-0.25, -0.2) is 8.42 Å². The molecule has 1 N–H and O–H groups in total. The van der Waals surface area contributed by atoms with E-state index in [2.05, 4.69) is 21.2 Å². The Kier molecular flexibility index (Phi) is 8.03. The van der Waals surface area contributed by atoms with Crippen molar-refractivity contribution >= 4 is 43.5 Å². The van der Waals surface area contributed by atoms with Gasteiger partial charge in [-0.2, -0.15) is 0 Å². The van der Waals surface area contributed by atoms with E-state index in [9.17, 15) is 18.0 Å². The monoisotopic (exact) mass is 495 g/mol. The Bertz CT molecular complexity index is 1030. The van der Waals surface area contributed by atoms with Crippen molar-refractivity contribution in [3.63, 3.8) is 0 Å². The molecule has 0 spiro atoms. The number of anilines is 1. The molecule has 0 aliphatic heterocycles. The van der Waals surface area contributed by atoms with Crippen LogP contribution in [0.3, 0.4) is 0 Å². The molecule has 2 rings (SSSR count). The number of hydrogen-bond donors (Lipinski definition) is 1. The second-order valence-electron chi connectivity index (χ2n) is 7.00. The van der Waals surface area contributed by atoms with Crippen molar-refractivity contribution in [1.29, 1.82) is 0 Å². The van der Waals surface area contributed by atoms with Gasteiger partial charge < -0.3 is 10.2 Å². The van der Waals surface area contributed by atoms with Crippen molar-refractivity contribution < 1.29 is 18.0 Å². The van der Waals surface area contributed by atoms with E-state index in [4.69, 9.17) is 0 Å². The number of sulfonamides is 1. The molecule has 0 fully saturated rings. The first kappa shape index (κ1) is 23.9. The maximum atomic E-state index is 13.3. The van der Waals surface area contributed by atoms with Crippen molar-refractivity contribution in [3.8, 4) is 0 Å². The molecule has 0 aromatic heterocycles. The minimum atomic E-state index is -3.72. The van der Waals surface area contributed by atoms with E-state index >= 15 is 0 Å². The van der Waals surface area contributed by atoms with Gasteiger partial charge in [0.15, 0.2) is 0 Å². The van der Waals surface area contributed by atoms with Crippen molar-refractivity contribution in [3.05, 3.63) is 64.1 Å². The van der Waals surface area contributed by atoms with Gasteiger partial charge in [0, 0.05) is 18.1 Å². The first-order valence-electron chi connectivity index (χ1n) is 9.33. The number of aryl methyl sites for hydroxylation is 1. The van der Waals surface area contributed by atoms with Crippen LogP contribution in [0, 0.1) is 6.92 Å². The Morgan fingerprint density at radius 1 is 1.13 bits per heavy atom. The number of amides is 2. The number of likely N-dealkylation sites (N-methyl/N-ethyl adjacent to an activating group) is 1. The molecule has 0 bridgehead atoms. The molecular weight excluding hydrogens is 470 g/mol. The summed E-state index contributed by atoms with van der Waals surface area (Å²) in [5.74, 6) is -0.806. The summed E-state index contributed by atoms with van der Waals surface area (Å²) in [7, 11) is -2.23. The molecule has 2 amide bonds. The highest BCUT2D eigenvalue weighted by atomic mass is 79.9. The number of para-hydroxylation sites is 1. The van der Waals surface area contributed by atoms with Crippen LogP contribution in [0.2, 0.25) is 0 Å². The number of nitrogens with one attached hydrogen (secondary N) is 1. The summed E-state index contributed by atoms with van der Waals surface area (Å²) in [5, 5.41) is 2.55. The van der Waals surface area contributed by atoms with Crippen LogP contribution < -0.4 is 9.62 Å². The number of rotatable bonds is 8. The number of benzene rings is 2. The maximum absolute atomic E-state index is 13.3. The van der Waals surface area contributed by atoms with E-state index in [0.29, 0.717) is 5.69 Å². The fourth-order valence-corrected chi connectivity index (χ4v) is 4.42. The topological polar surface area (TPSA) is 86.8 Å². The molecule has 0 saturated carbocycles. The number of hydrogen-bond acceptors (Lipinski definition) is 4. The molecule has 9 heteroatoms. The van der Waals surface area contributed by atoms with Crippen LogP contribution in [0.1, 0.15) is 18.1 Å². The SMILES string of the molecule is CNC(=O)C(C)N(Cc1cccc(Br)c1)C(=O)CN(c1ccccc1C)S(C)(=O)=O. The van der Waals surface area contributed by atoms with Crippen LogP contribution in [0.15, 0.2) is 53.0 Å². The van der Waals surface area contributed by atoms with E-state index in [-0.39, 0.29) is 12.5 Å². The summed E-state index contributed by atoms with van der Waals surface area (Å²) < 4.78 is 26.9. The normalized spacial score (nSPS) is 12.2. The Morgan fingerprint density at radius 2 is 1.80 bits per heavy atom. The van der Waals surface area contributed by atoms with Gasteiger partial charge in [-0.15, -0.1) is 0 Å². The summed E-state index contributed by atoms with van der Waals surface area (Å²) in [6.07, 6.45) is 1.06. The highest BCUT2D eigenvalue weighted by Crippen LogP contribution is 2.23. The minimum Gasteiger partial charge on any atom is -0.357 e. The summed E-state index contributed by atoms with van der Waals surface area (Å²) >= 11 is 3.40. The Labute approximate surface area is 186 Å². The first-order chi connectivity index (χ1) is 14.0. The minimum absolute atomic E-state index is 0.165. The summed E-state index contributed by atoms with van der Waals surface area (Å²) in [6, 6.07) is 13.6. The molecule has 0 radical (unpaired) electrons. The molecule has 0 saturated heterocycles. The molecular formula is C21H26BrN3O4S. The zero-order chi connectivity index (χ0) is 22.5. The van der Waals surface area contributed by atoms with Gasteiger partial charge in [-0.1, -0.05) is 46.3 Å². The largest absolute Gasteiger partial charge is 0.357 e. The predicted molar refractivity (Wildman–Crippen MR) is 122 cm³/mol. The van der Waals surface area contributed by atoms with Crippen LogP contribution in [-0.4, -0.2) is 51.0 Å². The second kappa shape index (κ2) is 10.1. The van der Waals surface area contributed by atoms with Crippen molar-refractivity contribution in [2.24, 2.45) is 0 Å². The van der Waals surface area contributed by atoms with Crippen LogP contribution in [-0.2, 0) is 26.2 Å². The van der Waals surface area contributed by atoms with Gasteiger partial charge in [0.2, 0.25) is 21.8 Å². The molecule has 0 aliphatic rings. The number of nitrogens with zero attached hydrogens (tertiary/aromatic N) is 2. The third-order valence-corrected chi connectivity index (χ3v) is 6.34. The summed E-state index contributed by atoms with van der Waals surface area (Å²) in [6.45, 7) is 3.16. The van der Waals surface area contributed by atoms with Crippen molar-refractivity contribution in [2.75, 3.05) is 24.2 Å².